The van der Waals surface area contributed by atoms with Crippen molar-refractivity contribution in [3.8, 4) is 0 Å². The zero-order chi connectivity index (χ0) is 15.2. The normalized spacial score (nSPS) is 11.9. The molecule has 2 aromatic carbocycles. The number of anilines is 1. The minimum Gasteiger partial charge on any atom is -0.354 e. The number of carbonyl (C=O) groups is 2. The summed E-state index contributed by atoms with van der Waals surface area (Å²) in [7, 11) is 0. The molecule has 0 radical (unpaired) electrons. The number of fused-ring (bicyclic) bond motifs is 1. The van der Waals surface area contributed by atoms with Gasteiger partial charge < -0.3 is 10.6 Å². The maximum absolute atomic E-state index is 11.9. The highest BCUT2D eigenvalue weighted by Crippen LogP contribution is 2.22. The molecule has 0 aliphatic carbocycles. The number of hydrogen-bond donors (Lipinski definition) is 2. The third-order valence-corrected chi connectivity index (χ3v) is 3.27. The molecule has 0 aliphatic rings. The molecule has 4 nitrogen and oxygen atoms in total. The molecule has 5 heteroatoms. The van der Waals surface area contributed by atoms with Crippen LogP contribution in [-0.2, 0) is 9.59 Å². The molecule has 0 aromatic heterocycles. The van der Waals surface area contributed by atoms with Crippen LogP contribution in [0.2, 0.25) is 0 Å². The van der Waals surface area contributed by atoms with Gasteiger partial charge in [-0.25, -0.2) is 0 Å². The molecule has 2 N–H and O–H groups in total. The summed E-state index contributed by atoms with van der Waals surface area (Å²) in [5, 5.41) is 6.94. The van der Waals surface area contributed by atoms with Crippen LogP contribution in [0.4, 0.5) is 5.69 Å². The Bertz CT molecular complexity index is 650. The van der Waals surface area contributed by atoms with Gasteiger partial charge in [-0.2, -0.15) is 0 Å². The van der Waals surface area contributed by atoms with E-state index in [9.17, 15) is 9.59 Å². The van der Waals surface area contributed by atoms with Gasteiger partial charge in [-0.05, 0) is 18.4 Å². The fourth-order valence-electron chi connectivity index (χ4n) is 1.99. The first kappa shape index (κ1) is 15.3. The first-order valence-electron chi connectivity index (χ1n) is 6.77. The highest BCUT2D eigenvalue weighted by atomic mass is 35.5. The van der Waals surface area contributed by atoms with Crippen molar-refractivity contribution in [3.63, 3.8) is 0 Å². The number of halogens is 1. The van der Waals surface area contributed by atoms with Crippen LogP contribution in [-0.4, -0.2) is 23.7 Å². The maximum Gasteiger partial charge on any atom is 0.237 e. The van der Waals surface area contributed by atoms with Crippen molar-refractivity contribution < 1.29 is 9.59 Å². The molecular weight excluding hydrogens is 288 g/mol. The summed E-state index contributed by atoms with van der Waals surface area (Å²) >= 11 is 5.63. The fraction of sp³-hybridized carbons (Fsp3) is 0.250. The largest absolute Gasteiger partial charge is 0.354 e. The topological polar surface area (TPSA) is 58.2 Å². The van der Waals surface area contributed by atoms with Crippen molar-refractivity contribution in [2.45, 2.75) is 18.7 Å². The number of benzene rings is 2. The molecule has 1 atom stereocenters. The quantitative estimate of drug-likeness (QED) is 0.835. The van der Waals surface area contributed by atoms with Gasteiger partial charge in [-0.3, -0.25) is 9.59 Å². The SMILES string of the molecule is C[C@@H](Cl)C(=O)NCCC(=O)Nc1cccc2ccccc12. The van der Waals surface area contributed by atoms with Gasteiger partial charge in [0.1, 0.15) is 5.38 Å². The number of nitrogens with one attached hydrogen (secondary N) is 2. The third-order valence-electron chi connectivity index (χ3n) is 3.08. The van der Waals surface area contributed by atoms with Crippen LogP contribution in [0, 0.1) is 0 Å². The first-order chi connectivity index (χ1) is 10.1. The Kier molecular flexibility index (Phi) is 5.17. The second-order valence-electron chi connectivity index (χ2n) is 4.73. The monoisotopic (exact) mass is 304 g/mol. The van der Waals surface area contributed by atoms with Gasteiger partial charge in [0.15, 0.2) is 0 Å². The highest BCUT2D eigenvalue weighted by molar-refractivity contribution is 6.30. The molecule has 2 rings (SSSR count). The van der Waals surface area contributed by atoms with Crippen molar-refractivity contribution in [1.29, 1.82) is 0 Å². The van der Waals surface area contributed by atoms with E-state index in [1.54, 1.807) is 6.92 Å². The Morgan fingerprint density at radius 1 is 1.14 bits per heavy atom. The smallest absolute Gasteiger partial charge is 0.237 e. The summed E-state index contributed by atoms with van der Waals surface area (Å²) in [6.07, 6.45) is 0.207. The van der Waals surface area contributed by atoms with Gasteiger partial charge >= 0.3 is 0 Å². The van der Waals surface area contributed by atoms with Gasteiger partial charge in [0.05, 0.1) is 0 Å². The standard InChI is InChI=1S/C16H17ClN2O2/c1-11(17)16(21)18-10-9-15(20)19-14-8-4-6-12-5-2-3-7-13(12)14/h2-8,11H,9-10H2,1H3,(H,18,21)(H,19,20)/t11-/m1/s1. The van der Waals surface area contributed by atoms with Gasteiger partial charge in [-0.15, -0.1) is 11.6 Å². The van der Waals surface area contributed by atoms with E-state index in [0.717, 1.165) is 16.5 Å². The van der Waals surface area contributed by atoms with Crippen LogP contribution in [0.15, 0.2) is 42.5 Å². The predicted octanol–water partition coefficient (Wildman–Crippen LogP) is 2.91. The molecule has 0 aliphatic heterocycles. The lowest BCUT2D eigenvalue weighted by atomic mass is 10.1. The number of alkyl halides is 1. The van der Waals surface area contributed by atoms with Crippen LogP contribution in [0.25, 0.3) is 10.8 Å². The van der Waals surface area contributed by atoms with E-state index in [2.05, 4.69) is 10.6 Å². The molecule has 0 unspecified atom stereocenters. The van der Waals surface area contributed by atoms with Gasteiger partial charge in [0, 0.05) is 24.0 Å². The number of hydrogen-bond acceptors (Lipinski definition) is 2. The molecule has 0 bridgehead atoms. The van der Waals surface area contributed by atoms with E-state index in [1.165, 1.54) is 0 Å². The van der Waals surface area contributed by atoms with Crippen LogP contribution in [0.5, 0.6) is 0 Å². The molecule has 0 heterocycles. The van der Waals surface area contributed by atoms with Crippen LogP contribution in [0.1, 0.15) is 13.3 Å². The van der Waals surface area contributed by atoms with Crippen molar-refractivity contribution >= 4 is 39.9 Å². The minimum atomic E-state index is -0.592. The van der Waals surface area contributed by atoms with E-state index >= 15 is 0 Å². The molecule has 2 aromatic rings. The molecule has 0 saturated carbocycles. The van der Waals surface area contributed by atoms with E-state index < -0.39 is 5.38 Å². The van der Waals surface area contributed by atoms with E-state index in [4.69, 9.17) is 11.6 Å². The second-order valence-corrected chi connectivity index (χ2v) is 5.39. The van der Waals surface area contributed by atoms with Crippen molar-refractivity contribution in [2.24, 2.45) is 0 Å². The van der Waals surface area contributed by atoms with E-state index in [-0.39, 0.29) is 24.8 Å². The Labute approximate surface area is 128 Å². The van der Waals surface area contributed by atoms with Crippen LogP contribution in [0.3, 0.4) is 0 Å². The predicted molar refractivity (Wildman–Crippen MR) is 85.5 cm³/mol. The van der Waals surface area contributed by atoms with Crippen molar-refractivity contribution in [3.05, 3.63) is 42.5 Å². The highest BCUT2D eigenvalue weighted by Gasteiger charge is 2.09. The maximum atomic E-state index is 11.9. The second kappa shape index (κ2) is 7.09. The molecule has 2 amide bonds. The fourth-order valence-corrected chi connectivity index (χ4v) is 2.06. The zero-order valence-electron chi connectivity index (χ0n) is 11.7. The molecule has 0 saturated heterocycles. The average Bonchev–Trinajstić information content (AvgIpc) is 2.47. The molecular formula is C16H17ClN2O2. The summed E-state index contributed by atoms with van der Waals surface area (Å²) in [5.74, 6) is -0.413. The lowest BCUT2D eigenvalue weighted by Crippen LogP contribution is -2.32. The summed E-state index contributed by atoms with van der Waals surface area (Å²) < 4.78 is 0. The Morgan fingerprint density at radius 2 is 1.86 bits per heavy atom. The summed E-state index contributed by atoms with van der Waals surface area (Å²) in [5.41, 5.74) is 0.773. The van der Waals surface area contributed by atoms with Crippen molar-refractivity contribution in [1.82, 2.24) is 5.32 Å². The Balaban J connectivity index is 1.94. The summed E-state index contributed by atoms with van der Waals surface area (Å²) in [6, 6.07) is 13.6. The van der Waals surface area contributed by atoms with Gasteiger partial charge in [0.2, 0.25) is 11.8 Å². The summed E-state index contributed by atoms with van der Waals surface area (Å²) in [4.78, 5) is 23.2. The zero-order valence-corrected chi connectivity index (χ0v) is 12.5. The number of carbonyl (C=O) groups excluding carboxylic acids is 2. The molecule has 0 spiro atoms. The van der Waals surface area contributed by atoms with E-state index in [1.807, 2.05) is 42.5 Å². The lowest BCUT2D eigenvalue weighted by molar-refractivity contribution is -0.120. The van der Waals surface area contributed by atoms with E-state index in [0.29, 0.717) is 0 Å². The first-order valence-corrected chi connectivity index (χ1v) is 7.21. The molecule has 0 fully saturated rings. The van der Waals surface area contributed by atoms with Crippen LogP contribution < -0.4 is 10.6 Å². The van der Waals surface area contributed by atoms with Crippen molar-refractivity contribution in [2.75, 3.05) is 11.9 Å². The van der Waals surface area contributed by atoms with Crippen LogP contribution >= 0.6 is 11.6 Å². The third kappa shape index (κ3) is 4.20. The molecule has 110 valence electrons. The minimum absolute atomic E-state index is 0.145. The Hall–Kier alpha value is -2.07. The summed E-state index contributed by atoms with van der Waals surface area (Å²) in [6.45, 7) is 1.86. The number of rotatable bonds is 5. The van der Waals surface area contributed by atoms with Gasteiger partial charge in [-0.1, -0.05) is 36.4 Å². The number of amides is 2. The molecule has 21 heavy (non-hydrogen) atoms. The van der Waals surface area contributed by atoms with Gasteiger partial charge in [0.25, 0.3) is 0 Å². The average molecular weight is 305 g/mol. The Morgan fingerprint density at radius 3 is 2.62 bits per heavy atom. The lowest BCUT2D eigenvalue weighted by Gasteiger charge is -2.09.